The number of hydrogen-bond donors (Lipinski definition) is 2. The summed E-state index contributed by atoms with van der Waals surface area (Å²) in [5.74, 6) is 0.344. The highest BCUT2D eigenvalue weighted by Gasteiger charge is 2.10. The summed E-state index contributed by atoms with van der Waals surface area (Å²) in [4.78, 5) is 29.1. The van der Waals surface area contributed by atoms with Crippen molar-refractivity contribution in [1.29, 1.82) is 0 Å². The minimum atomic E-state index is -0.0992. The van der Waals surface area contributed by atoms with E-state index in [0.29, 0.717) is 17.1 Å². The Hall–Kier alpha value is -3.51. The van der Waals surface area contributed by atoms with Gasteiger partial charge in [-0.25, -0.2) is 4.98 Å². The third kappa shape index (κ3) is 4.33. The van der Waals surface area contributed by atoms with Crippen molar-refractivity contribution in [3.8, 4) is 11.1 Å². The number of hydrogen-bond acceptors (Lipinski definition) is 4. The number of fused-ring (bicyclic) bond motifs is 1. The highest BCUT2D eigenvalue weighted by atomic mass is 32.1. The first-order chi connectivity index (χ1) is 14.1. The van der Waals surface area contributed by atoms with Crippen LogP contribution in [0.15, 0.2) is 72.9 Å². The molecule has 0 aliphatic heterocycles. The molecule has 0 bridgehead atoms. The number of thiophene rings is 1. The molecule has 29 heavy (non-hydrogen) atoms. The second-order valence-corrected chi connectivity index (χ2v) is 7.67. The molecule has 0 radical (unpaired) electrons. The van der Waals surface area contributed by atoms with Crippen LogP contribution in [0.4, 0.5) is 5.82 Å². The second-order valence-electron chi connectivity index (χ2n) is 6.59. The van der Waals surface area contributed by atoms with Crippen molar-refractivity contribution in [3.63, 3.8) is 0 Å². The lowest BCUT2D eigenvalue weighted by atomic mass is 10.1. The SMILES string of the molecule is CNC(=O)c1cc2cc(-c3ccc(NC(=O)Cc4ccccc4)nc3)ccc2s1. The number of aromatic nitrogens is 1. The van der Waals surface area contributed by atoms with Gasteiger partial charge in [-0.05, 0) is 46.8 Å². The highest BCUT2D eigenvalue weighted by Crippen LogP contribution is 2.30. The van der Waals surface area contributed by atoms with Gasteiger partial charge in [-0.2, -0.15) is 0 Å². The summed E-state index contributed by atoms with van der Waals surface area (Å²) >= 11 is 1.47. The number of amides is 2. The molecule has 2 N–H and O–H groups in total. The molecule has 2 aromatic carbocycles. The minimum Gasteiger partial charge on any atom is -0.354 e. The van der Waals surface area contributed by atoms with Crippen LogP contribution in [0.25, 0.3) is 21.2 Å². The van der Waals surface area contributed by atoms with Gasteiger partial charge < -0.3 is 10.6 Å². The summed E-state index contributed by atoms with van der Waals surface area (Å²) in [6, 6.07) is 21.3. The molecule has 4 aromatic rings. The van der Waals surface area contributed by atoms with Gasteiger partial charge in [0.05, 0.1) is 11.3 Å². The molecule has 0 aliphatic rings. The molecule has 0 fully saturated rings. The summed E-state index contributed by atoms with van der Waals surface area (Å²) in [5, 5.41) is 6.50. The molecule has 0 atom stereocenters. The maximum absolute atomic E-state index is 12.2. The molecule has 144 valence electrons. The lowest BCUT2D eigenvalue weighted by molar-refractivity contribution is -0.115. The Bertz CT molecular complexity index is 1170. The number of benzene rings is 2. The minimum absolute atomic E-state index is 0.0787. The van der Waals surface area contributed by atoms with Gasteiger partial charge in [0.15, 0.2) is 0 Å². The second kappa shape index (κ2) is 8.24. The molecule has 2 heterocycles. The molecule has 0 aliphatic carbocycles. The lowest BCUT2D eigenvalue weighted by Gasteiger charge is -2.06. The van der Waals surface area contributed by atoms with Gasteiger partial charge in [0.2, 0.25) is 5.91 Å². The molecule has 0 saturated heterocycles. The first-order valence-corrected chi connectivity index (χ1v) is 10.00. The molecule has 5 nitrogen and oxygen atoms in total. The number of carbonyl (C=O) groups is 2. The number of rotatable bonds is 5. The van der Waals surface area contributed by atoms with Crippen LogP contribution < -0.4 is 10.6 Å². The van der Waals surface area contributed by atoms with E-state index in [9.17, 15) is 9.59 Å². The van der Waals surface area contributed by atoms with E-state index < -0.39 is 0 Å². The van der Waals surface area contributed by atoms with E-state index in [1.165, 1.54) is 11.3 Å². The predicted octanol–water partition coefficient (Wildman–Crippen LogP) is 4.50. The number of nitrogens with zero attached hydrogens (tertiary/aromatic N) is 1. The van der Waals surface area contributed by atoms with E-state index in [4.69, 9.17) is 0 Å². The fraction of sp³-hybridized carbons (Fsp3) is 0.0870. The molecule has 2 aromatic heterocycles. The van der Waals surface area contributed by atoms with Crippen LogP contribution in [0, 0.1) is 0 Å². The summed E-state index contributed by atoms with van der Waals surface area (Å²) in [6.07, 6.45) is 2.05. The van der Waals surface area contributed by atoms with E-state index in [0.717, 1.165) is 26.8 Å². The van der Waals surface area contributed by atoms with E-state index in [1.807, 2.05) is 60.7 Å². The van der Waals surface area contributed by atoms with Gasteiger partial charge in [-0.1, -0.05) is 36.4 Å². The van der Waals surface area contributed by atoms with Crippen LogP contribution in [0.3, 0.4) is 0 Å². The van der Waals surface area contributed by atoms with Crippen LogP contribution in [0.1, 0.15) is 15.2 Å². The zero-order valence-electron chi connectivity index (χ0n) is 15.8. The maximum atomic E-state index is 12.2. The number of anilines is 1. The Labute approximate surface area is 172 Å². The molecule has 4 rings (SSSR count). The lowest BCUT2D eigenvalue weighted by Crippen LogP contribution is -2.15. The van der Waals surface area contributed by atoms with Crippen LogP contribution in [0.2, 0.25) is 0 Å². The third-order valence-corrected chi connectivity index (χ3v) is 5.65. The van der Waals surface area contributed by atoms with Crippen molar-refractivity contribution in [2.24, 2.45) is 0 Å². The van der Waals surface area contributed by atoms with E-state index in [2.05, 4.69) is 15.6 Å². The topological polar surface area (TPSA) is 71.1 Å². The Kier molecular flexibility index (Phi) is 5.35. The van der Waals surface area contributed by atoms with Crippen molar-refractivity contribution in [2.75, 3.05) is 12.4 Å². The van der Waals surface area contributed by atoms with Crippen molar-refractivity contribution < 1.29 is 9.59 Å². The summed E-state index contributed by atoms with van der Waals surface area (Å²) in [6.45, 7) is 0. The van der Waals surface area contributed by atoms with Crippen LogP contribution in [-0.2, 0) is 11.2 Å². The van der Waals surface area contributed by atoms with Crippen molar-refractivity contribution >= 4 is 39.1 Å². The van der Waals surface area contributed by atoms with Crippen LogP contribution in [0.5, 0.6) is 0 Å². The molecule has 0 spiro atoms. The monoisotopic (exact) mass is 401 g/mol. The Morgan fingerprint density at radius 2 is 1.76 bits per heavy atom. The molecule has 0 saturated carbocycles. The largest absolute Gasteiger partial charge is 0.354 e. The van der Waals surface area contributed by atoms with E-state index >= 15 is 0 Å². The third-order valence-electron chi connectivity index (χ3n) is 4.54. The van der Waals surface area contributed by atoms with Crippen LogP contribution >= 0.6 is 11.3 Å². The van der Waals surface area contributed by atoms with Gasteiger partial charge in [-0.3, -0.25) is 9.59 Å². The standard InChI is InChI=1S/C23H19N3O2S/c1-24-23(28)20-13-18-12-16(7-9-19(18)29-20)17-8-10-21(25-14-17)26-22(27)11-15-5-3-2-4-6-15/h2-10,12-14H,11H2,1H3,(H,24,28)(H,25,26,27). The quantitative estimate of drug-likeness (QED) is 0.517. The van der Waals surface area contributed by atoms with E-state index in [1.54, 1.807) is 19.3 Å². The van der Waals surface area contributed by atoms with Crippen molar-refractivity contribution in [1.82, 2.24) is 10.3 Å². The average molecular weight is 401 g/mol. The molecule has 0 unspecified atom stereocenters. The van der Waals surface area contributed by atoms with Gasteiger partial charge in [0.1, 0.15) is 5.82 Å². The predicted molar refractivity (Wildman–Crippen MR) is 117 cm³/mol. The van der Waals surface area contributed by atoms with Gasteiger partial charge >= 0.3 is 0 Å². The Morgan fingerprint density at radius 3 is 2.48 bits per heavy atom. The first-order valence-electron chi connectivity index (χ1n) is 9.18. The Morgan fingerprint density at radius 1 is 0.966 bits per heavy atom. The van der Waals surface area contributed by atoms with E-state index in [-0.39, 0.29) is 11.8 Å². The molecule has 6 heteroatoms. The van der Waals surface area contributed by atoms with Gasteiger partial charge in [0, 0.05) is 23.5 Å². The average Bonchev–Trinajstić information content (AvgIpc) is 3.18. The smallest absolute Gasteiger partial charge is 0.261 e. The van der Waals surface area contributed by atoms with Gasteiger partial charge in [0.25, 0.3) is 5.91 Å². The molecule has 2 amide bonds. The summed E-state index contributed by atoms with van der Waals surface area (Å²) in [7, 11) is 1.63. The fourth-order valence-corrected chi connectivity index (χ4v) is 4.05. The normalized spacial score (nSPS) is 10.7. The van der Waals surface area contributed by atoms with Crippen molar-refractivity contribution in [2.45, 2.75) is 6.42 Å². The Balaban J connectivity index is 1.48. The zero-order chi connectivity index (χ0) is 20.2. The fourth-order valence-electron chi connectivity index (χ4n) is 3.06. The maximum Gasteiger partial charge on any atom is 0.261 e. The summed E-state index contributed by atoms with van der Waals surface area (Å²) < 4.78 is 1.06. The van der Waals surface area contributed by atoms with Crippen LogP contribution in [-0.4, -0.2) is 23.8 Å². The molecular weight excluding hydrogens is 382 g/mol. The summed E-state index contributed by atoms with van der Waals surface area (Å²) in [5.41, 5.74) is 2.91. The highest BCUT2D eigenvalue weighted by molar-refractivity contribution is 7.20. The first kappa shape index (κ1) is 18.8. The number of carbonyl (C=O) groups excluding carboxylic acids is 2. The number of pyridine rings is 1. The zero-order valence-corrected chi connectivity index (χ0v) is 16.6. The van der Waals surface area contributed by atoms with Crippen molar-refractivity contribution in [3.05, 3.63) is 83.4 Å². The number of nitrogens with one attached hydrogen (secondary N) is 2. The van der Waals surface area contributed by atoms with Gasteiger partial charge in [-0.15, -0.1) is 11.3 Å². The molecular formula is C23H19N3O2S.